The number of thiazole rings is 1. The number of carbonyl (C=O) groups excluding carboxylic acids is 1. The van der Waals surface area contributed by atoms with Crippen molar-refractivity contribution in [3.05, 3.63) is 102 Å². The second kappa shape index (κ2) is 7.37. The van der Waals surface area contributed by atoms with E-state index in [1.54, 1.807) is 11.3 Å². The minimum atomic E-state index is -0.132. The van der Waals surface area contributed by atoms with Gasteiger partial charge < -0.3 is 5.32 Å². The summed E-state index contributed by atoms with van der Waals surface area (Å²) in [7, 11) is 0. The zero-order valence-corrected chi connectivity index (χ0v) is 16.3. The van der Waals surface area contributed by atoms with Crippen molar-refractivity contribution in [1.82, 2.24) is 9.38 Å². The monoisotopic (exact) mass is 395 g/mol. The van der Waals surface area contributed by atoms with E-state index in [1.165, 1.54) is 0 Å². The third kappa shape index (κ3) is 3.56. The standard InChI is InChI=1S/C24H17N3OS/c28-23(19-11-9-18(10-12-19)17-5-2-1-3-6-17)25-21-8-4-7-20(15-21)22-16-27-13-14-29-24(27)26-22/h1-16H,(H,25,28). The Hall–Kier alpha value is -3.70. The van der Waals surface area contributed by atoms with Crippen LogP contribution in [0.5, 0.6) is 0 Å². The van der Waals surface area contributed by atoms with Crippen molar-refractivity contribution in [3.8, 4) is 22.4 Å². The van der Waals surface area contributed by atoms with Gasteiger partial charge in [0.25, 0.3) is 5.91 Å². The van der Waals surface area contributed by atoms with E-state index in [2.05, 4.69) is 22.4 Å². The van der Waals surface area contributed by atoms with Crippen LogP contribution >= 0.6 is 11.3 Å². The molecule has 1 N–H and O–H groups in total. The third-order valence-corrected chi connectivity index (χ3v) is 5.53. The largest absolute Gasteiger partial charge is 0.322 e. The number of fused-ring (bicyclic) bond motifs is 1. The molecule has 0 radical (unpaired) electrons. The molecule has 0 spiro atoms. The van der Waals surface area contributed by atoms with Gasteiger partial charge in [-0.1, -0.05) is 54.6 Å². The van der Waals surface area contributed by atoms with Crippen LogP contribution in [0.4, 0.5) is 5.69 Å². The molecule has 0 fully saturated rings. The Labute approximate surface area is 172 Å². The molecule has 0 aliphatic rings. The maximum absolute atomic E-state index is 12.7. The molecule has 0 bridgehead atoms. The molecule has 2 heterocycles. The average Bonchev–Trinajstić information content (AvgIpc) is 3.37. The quantitative estimate of drug-likeness (QED) is 0.407. The van der Waals surface area contributed by atoms with Gasteiger partial charge in [-0.3, -0.25) is 9.20 Å². The van der Waals surface area contributed by atoms with Crippen LogP contribution in [0, 0.1) is 0 Å². The first-order chi connectivity index (χ1) is 14.3. The van der Waals surface area contributed by atoms with Gasteiger partial charge in [-0.2, -0.15) is 0 Å². The first kappa shape index (κ1) is 17.4. The van der Waals surface area contributed by atoms with Gasteiger partial charge in [-0.25, -0.2) is 4.98 Å². The van der Waals surface area contributed by atoms with Gasteiger partial charge >= 0.3 is 0 Å². The van der Waals surface area contributed by atoms with Gasteiger partial charge in [0.15, 0.2) is 4.96 Å². The second-order valence-electron chi connectivity index (χ2n) is 6.70. The number of carbonyl (C=O) groups is 1. The van der Waals surface area contributed by atoms with Crippen LogP contribution in [-0.4, -0.2) is 15.3 Å². The minimum absolute atomic E-state index is 0.132. The molecule has 2 aromatic heterocycles. The Bertz CT molecular complexity index is 1260. The molecule has 4 nitrogen and oxygen atoms in total. The summed E-state index contributed by atoms with van der Waals surface area (Å²) in [5, 5.41) is 4.99. The lowest BCUT2D eigenvalue weighted by molar-refractivity contribution is 0.102. The number of nitrogens with zero attached hydrogens (tertiary/aromatic N) is 2. The number of rotatable bonds is 4. The van der Waals surface area contributed by atoms with E-state index >= 15 is 0 Å². The molecule has 0 saturated heterocycles. The second-order valence-corrected chi connectivity index (χ2v) is 7.57. The number of hydrogen-bond donors (Lipinski definition) is 1. The molecule has 0 saturated carbocycles. The van der Waals surface area contributed by atoms with Crippen LogP contribution in [-0.2, 0) is 0 Å². The third-order valence-electron chi connectivity index (χ3n) is 4.76. The fraction of sp³-hybridized carbons (Fsp3) is 0. The molecule has 5 rings (SSSR count). The lowest BCUT2D eigenvalue weighted by Crippen LogP contribution is -2.11. The van der Waals surface area contributed by atoms with E-state index < -0.39 is 0 Å². The summed E-state index contributed by atoms with van der Waals surface area (Å²) in [5.41, 5.74) is 5.45. The molecule has 5 heteroatoms. The highest BCUT2D eigenvalue weighted by Crippen LogP contribution is 2.25. The van der Waals surface area contributed by atoms with Crippen molar-refractivity contribution in [1.29, 1.82) is 0 Å². The molecule has 140 valence electrons. The zero-order chi connectivity index (χ0) is 19.6. The van der Waals surface area contributed by atoms with Crippen LogP contribution in [0.3, 0.4) is 0 Å². The normalized spacial score (nSPS) is 10.9. The van der Waals surface area contributed by atoms with Crippen molar-refractivity contribution in [2.45, 2.75) is 0 Å². The number of anilines is 1. The molecular formula is C24H17N3OS. The maximum Gasteiger partial charge on any atom is 0.255 e. The number of aromatic nitrogens is 2. The maximum atomic E-state index is 12.7. The van der Waals surface area contributed by atoms with E-state index in [0.717, 1.165) is 33.0 Å². The smallest absolute Gasteiger partial charge is 0.255 e. The Kier molecular flexibility index (Phi) is 4.42. The fourth-order valence-corrected chi connectivity index (χ4v) is 3.97. The van der Waals surface area contributed by atoms with Crippen LogP contribution in [0.1, 0.15) is 10.4 Å². The van der Waals surface area contributed by atoms with E-state index in [4.69, 9.17) is 0 Å². The number of benzene rings is 3. The fourth-order valence-electron chi connectivity index (χ4n) is 3.27. The molecule has 29 heavy (non-hydrogen) atoms. The Morgan fingerprint density at radius 1 is 0.862 bits per heavy atom. The van der Waals surface area contributed by atoms with Gasteiger partial charge in [0.2, 0.25) is 0 Å². The Morgan fingerprint density at radius 3 is 2.41 bits per heavy atom. The van der Waals surface area contributed by atoms with E-state index in [-0.39, 0.29) is 5.91 Å². The van der Waals surface area contributed by atoms with E-state index in [1.807, 2.05) is 88.9 Å². The first-order valence-corrected chi connectivity index (χ1v) is 10.1. The Balaban J connectivity index is 1.35. The molecule has 3 aromatic carbocycles. The summed E-state index contributed by atoms with van der Waals surface area (Å²) in [6.07, 6.45) is 3.98. The van der Waals surface area contributed by atoms with Crippen molar-refractivity contribution >= 4 is 27.9 Å². The summed E-state index contributed by atoms with van der Waals surface area (Å²) in [6, 6.07) is 25.5. The van der Waals surface area contributed by atoms with E-state index in [9.17, 15) is 4.79 Å². The minimum Gasteiger partial charge on any atom is -0.322 e. The summed E-state index contributed by atoms with van der Waals surface area (Å²) >= 11 is 1.60. The first-order valence-electron chi connectivity index (χ1n) is 9.26. The average molecular weight is 395 g/mol. The molecular weight excluding hydrogens is 378 g/mol. The predicted octanol–water partition coefficient (Wildman–Crippen LogP) is 5.98. The van der Waals surface area contributed by atoms with Gasteiger partial charge in [0, 0.05) is 34.6 Å². The summed E-state index contributed by atoms with van der Waals surface area (Å²) in [6.45, 7) is 0. The van der Waals surface area contributed by atoms with Crippen molar-refractivity contribution in [2.75, 3.05) is 5.32 Å². The predicted molar refractivity (Wildman–Crippen MR) is 118 cm³/mol. The molecule has 0 unspecified atom stereocenters. The van der Waals surface area contributed by atoms with Gasteiger partial charge in [0.05, 0.1) is 5.69 Å². The molecule has 5 aromatic rings. The number of imidazole rings is 1. The van der Waals surface area contributed by atoms with Gasteiger partial charge in [-0.15, -0.1) is 11.3 Å². The number of hydrogen-bond acceptors (Lipinski definition) is 3. The van der Waals surface area contributed by atoms with Crippen LogP contribution in [0.15, 0.2) is 96.6 Å². The zero-order valence-electron chi connectivity index (χ0n) is 15.4. The topological polar surface area (TPSA) is 46.4 Å². The number of amides is 1. The van der Waals surface area contributed by atoms with Crippen molar-refractivity contribution in [2.24, 2.45) is 0 Å². The lowest BCUT2D eigenvalue weighted by Gasteiger charge is -2.08. The summed E-state index contributed by atoms with van der Waals surface area (Å²) in [5.74, 6) is -0.132. The van der Waals surface area contributed by atoms with Gasteiger partial charge in [-0.05, 0) is 35.4 Å². The van der Waals surface area contributed by atoms with Crippen LogP contribution in [0.25, 0.3) is 27.3 Å². The molecule has 0 atom stereocenters. The molecule has 0 aliphatic heterocycles. The summed E-state index contributed by atoms with van der Waals surface area (Å²) in [4.78, 5) is 18.3. The SMILES string of the molecule is O=C(Nc1cccc(-c2cn3ccsc3n2)c1)c1ccc(-c2ccccc2)cc1. The molecule has 1 amide bonds. The van der Waals surface area contributed by atoms with Crippen molar-refractivity contribution in [3.63, 3.8) is 0 Å². The Morgan fingerprint density at radius 2 is 1.62 bits per heavy atom. The number of nitrogens with one attached hydrogen (secondary N) is 1. The highest BCUT2D eigenvalue weighted by molar-refractivity contribution is 7.15. The van der Waals surface area contributed by atoms with Crippen molar-refractivity contribution < 1.29 is 4.79 Å². The van der Waals surface area contributed by atoms with E-state index in [0.29, 0.717) is 5.56 Å². The highest BCUT2D eigenvalue weighted by atomic mass is 32.1. The highest BCUT2D eigenvalue weighted by Gasteiger charge is 2.09. The van der Waals surface area contributed by atoms with Crippen LogP contribution < -0.4 is 5.32 Å². The molecule has 0 aliphatic carbocycles. The van der Waals surface area contributed by atoms with Gasteiger partial charge in [0.1, 0.15) is 0 Å². The summed E-state index contributed by atoms with van der Waals surface area (Å²) < 4.78 is 2.00. The lowest BCUT2D eigenvalue weighted by atomic mass is 10.0. The van der Waals surface area contributed by atoms with Crippen LogP contribution in [0.2, 0.25) is 0 Å².